The molecule has 5 rings (SSSR count). The second kappa shape index (κ2) is 7.14. The van der Waals surface area contributed by atoms with Crippen LogP contribution in [0.3, 0.4) is 0 Å². The summed E-state index contributed by atoms with van der Waals surface area (Å²) >= 11 is 9.28. The van der Waals surface area contributed by atoms with Crippen LogP contribution in [0.2, 0.25) is 5.02 Å². The summed E-state index contributed by atoms with van der Waals surface area (Å²) in [5, 5.41) is 12.6. The summed E-state index contributed by atoms with van der Waals surface area (Å²) in [7, 11) is 0. The highest BCUT2D eigenvalue weighted by atomic mass is 35.5. The molecular weight excluding hydrogens is 400 g/mol. The first kappa shape index (κ1) is 17.0. The highest BCUT2D eigenvalue weighted by Gasteiger charge is 2.30. The van der Waals surface area contributed by atoms with Crippen LogP contribution in [0.1, 0.15) is 24.6 Å². The van der Waals surface area contributed by atoms with E-state index in [1.807, 2.05) is 30.3 Å². The average Bonchev–Trinajstić information content (AvgIpc) is 3.10. The molecule has 0 spiro atoms. The fraction of sp³-hybridized carbons (Fsp3) is 0.211. The van der Waals surface area contributed by atoms with Crippen molar-refractivity contribution in [2.24, 2.45) is 0 Å². The fourth-order valence-electron chi connectivity index (χ4n) is 2.85. The van der Waals surface area contributed by atoms with Crippen LogP contribution in [-0.2, 0) is 5.75 Å². The number of hydrogen-bond acceptors (Lipinski definition) is 6. The van der Waals surface area contributed by atoms with E-state index in [-0.39, 0.29) is 0 Å². The molecule has 1 aliphatic rings. The minimum Gasteiger partial charge on any atom is -0.444 e. The molecule has 4 aromatic rings. The van der Waals surface area contributed by atoms with Crippen LogP contribution in [0, 0.1) is 0 Å². The third-order valence-electron chi connectivity index (χ3n) is 4.31. The molecule has 0 atom stereocenters. The zero-order valence-corrected chi connectivity index (χ0v) is 16.6. The SMILES string of the molecule is Clc1ccc(-c2nc(CSc3nnc(-c4cccs4)n3C3CC3)co2)cc1. The van der Waals surface area contributed by atoms with E-state index in [9.17, 15) is 0 Å². The van der Waals surface area contributed by atoms with Gasteiger partial charge in [-0.2, -0.15) is 0 Å². The standard InChI is InChI=1S/C19H15ClN4OS2/c20-13-5-3-12(4-6-13)18-21-14(10-25-18)11-27-19-23-22-17(16-2-1-9-26-16)24(19)15-7-8-15/h1-6,9-10,15H,7-8,11H2. The maximum Gasteiger partial charge on any atom is 0.226 e. The molecule has 0 unspecified atom stereocenters. The van der Waals surface area contributed by atoms with Crippen molar-refractivity contribution in [3.63, 3.8) is 0 Å². The van der Waals surface area contributed by atoms with Gasteiger partial charge in [0.1, 0.15) is 6.26 Å². The van der Waals surface area contributed by atoms with Crippen molar-refractivity contribution in [2.75, 3.05) is 0 Å². The molecule has 0 N–H and O–H groups in total. The van der Waals surface area contributed by atoms with Crippen molar-refractivity contribution in [1.82, 2.24) is 19.7 Å². The third-order valence-corrected chi connectivity index (χ3v) is 6.40. The Morgan fingerprint density at radius 3 is 2.78 bits per heavy atom. The molecule has 3 heterocycles. The summed E-state index contributed by atoms with van der Waals surface area (Å²) in [5.41, 5.74) is 1.80. The Hall–Kier alpha value is -2.09. The first-order valence-corrected chi connectivity index (χ1v) is 10.8. The number of rotatable bonds is 6. The van der Waals surface area contributed by atoms with Gasteiger partial charge in [-0.25, -0.2) is 4.98 Å². The van der Waals surface area contributed by atoms with Gasteiger partial charge in [0.05, 0.1) is 10.6 Å². The number of nitrogens with zero attached hydrogens (tertiary/aromatic N) is 4. The Morgan fingerprint density at radius 1 is 1.19 bits per heavy atom. The highest BCUT2D eigenvalue weighted by Crippen LogP contribution is 2.42. The first-order chi connectivity index (χ1) is 13.3. The smallest absolute Gasteiger partial charge is 0.226 e. The van der Waals surface area contributed by atoms with Crippen molar-refractivity contribution in [3.8, 4) is 22.2 Å². The van der Waals surface area contributed by atoms with Crippen molar-refractivity contribution in [2.45, 2.75) is 29.8 Å². The Bertz CT molecular complexity index is 1050. The van der Waals surface area contributed by atoms with Crippen molar-refractivity contribution in [3.05, 3.63) is 58.8 Å². The summed E-state index contributed by atoms with van der Waals surface area (Å²) in [6.45, 7) is 0. The van der Waals surface area contributed by atoms with Gasteiger partial charge in [-0.3, -0.25) is 4.57 Å². The average molecular weight is 415 g/mol. The minimum atomic E-state index is 0.515. The molecular formula is C19H15ClN4OS2. The zero-order valence-electron chi connectivity index (χ0n) is 14.2. The van der Waals surface area contributed by atoms with E-state index >= 15 is 0 Å². The predicted octanol–water partition coefficient (Wildman–Crippen LogP) is 5.94. The normalized spacial score (nSPS) is 14.0. The number of aromatic nitrogens is 4. The molecule has 1 saturated carbocycles. The largest absolute Gasteiger partial charge is 0.444 e. The first-order valence-electron chi connectivity index (χ1n) is 8.60. The van der Waals surface area contributed by atoms with E-state index in [0.29, 0.717) is 22.7 Å². The van der Waals surface area contributed by atoms with Crippen LogP contribution in [-0.4, -0.2) is 19.7 Å². The molecule has 1 fully saturated rings. The molecule has 0 radical (unpaired) electrons. The van der Waals surface area contributed by atoms with E-state index in [0.717, 1.165) is 27.1 Å². The van der Waals surface area contributed by atoms with E-state index in [1.54, 1.807) is 29.4 Å². The quantitative estimate of drug-likeness (QED) is 0.365. The van der Waals surface area contributed by atoms with Gasteiger partial charge in [0.25, 0.3) is 0 Å². The van der Waals surface area contributed by atoms with Gasteiger partial charge in [-0.1, -0.05) is 29.4 Å². The maximum atomic E-state index is 5.94. The van der Waals surface area contributed by atoms with Gasteiger partial charge in [0, 0.05) is 22.4 Å². The topological polar surface area (TPSA) is 56.7 Å². The zero-order chi connectivity index (χ0) is 18.2. The van der Waals surface area contributed by atoms with Gasteiger partial charge in [0.2, 0.25) is 5.89 Å². The van der Waals surface area contributed by atoms with Gasteiger partial charge in [-0.15, -0.1) is 21.5 Å². The van der Waals surface area contributed by atoms with Crippen LogP contribution in [0.15, 0.2) is 57.6 Å². The van der Waals surface area contributed by atoms with E-state index < -0.39 is 0 Å². The summed E-state index contributed by atoms with van der Waals surface area (Å²) < 4.78 is 7.90. The number of hydrogen-bond donors (Lipinski definition) is 0. The lowest BCUT2D eigenvalue weighted by atomic mass is 10.2. The van der Waals surface area contributed by atoms with Gasteiger partial charge >= 0.3 is 0 Å². The lowest BCUT2D eigenvalue weighted by Crippen LogP contribution is -1.99. The Morgan fingerprint density at radius 2 is 2.04 bits per heavy atom. The number of halogens is 1. The molecule has 3 aromatic heterocycles. The van der Waals surface area contributed by atoms with Crippen LogP contribution in [0.25, 0.3) is 22.2 Å². The van der Waals surface area contributed by atoms with Crippen molar-refractivity contribution >= 4 is 34.7 Å². The molecule has 136 valence electrons. The Balaban J connectivity index is 1.34. The lowest BCUT2D eigenvalue weighted by molar-refractivity contribution is 0.573. The predicted molar refractivity (Wildman–Crippen MR) is 108 cm³/mol. The monoisotopic (exact) mass is 414 g/mol. The molecule has 0 saturated heterocycles. The summed E-state index contributed by atoms with van der Waals surface area (Å²) in [4.78, 5) is 5.75. The number of oxazole rings is 1. The molecule has 1 aromatic carbocycles. The molecule has 27 heavy (non-hydrogen) atoms. The molecule has 5 nitrogen and oxygen atoms in total. The second-order valence-electron chi connectivity index (χ2n) is 6.32. The summed E-state index contributed by atoms with van der Waals surface area (Å²) in [6, 6.07) is 12.1. The van der Waals surface area contributed by atoms with Crippen LogP contribution in [0.5, 0.6) is 0 Å². The maximum absolute atomic E-state index is 5.94. The van der Waals surface area contributed by atoms with Gasteiger partial charge in [-0.05, 0) is 48.6 Å². The number of thioether (sulfide) groups is 1. The van der Waals surface area contributed by atoms with Gasteiger partial charge in [0.15, 0.2) is 11.0 Å². The second-order valence-corrected chi connectivity index (χ2v) is 8.65. The van der Waals surface area contributed by atoms with E-state index in [4.69, 9.17) is 16.0 Å². The van der Waals surface area contributed by atoms with E-state index in [1.165, 1.54) is 12.8 Å². The lowest BCUT2D eigenvalue weighted by Gasteiger charge is -2.06. The summed E-state index contributed by atoms with van der Waals surface area (Å²) in [5.74, 6) is 2.26. The molecule has 1 aliphatic carbocycles. The number of thiophene rings is 1. The summed E-state index contributed by atoms with van der Waals surface area (Å²) in [6.07, 6.45) is 4.08. The van der Waals surface area contributed by atoms with Crippen molar-refractivity contribution < 1.29 is 4.42 Å². The molecule has 0 aliphatic heterocycles. The van der Waals surface area contributed by atoms with Gasteiger partial charge < -0.3 is 4.42 Å². The third kappa shape index (κ3) is 3.54. The van der Waals surface area contributed by atoms with Crippen LogP contribution in [0.4, 0.5) is 0 Å². The number of benzene rings is 1. The minimum absolute atomic E-state index is 0.515. The van der Waals surface area contributed by atoms with Crippen LogP contribution >= 0.6 is 34.7 Å². The Kier molecular flexibility index (Phi) is 4.51. The highest BCUT2D eigenvalue weighted by molar-refractivity contribution is 7.98. The van der Waals surface area contributed by atoms with Crippen molar-refractivity contribution in [1.29, 1.82) is 0 Å². The van der Waals surface area contributed by atoms with Crippen LogP contribution < -0.4 is 0 Å². The Labute approximate surface area is 169 Å². The molecule has 8 heteroatoms. The molecule has 0 amide bonds. The molecule has 0 bridgehead atoms. The van der Waals surface area contributed by atoms with E-state index in [2.05, 4.69) is 31.2 Å². The fourth-order valence-corrected chi connectivity index (χ4v) is 4.56.